The van der Waals surface area contributed by atoms with Gasteiger partial charge in [0.05, 0.1) is 11.5 Å². The maximum atomic E-state index is 13.1. The molecule has 1 atom stereocenters. The number of hydrogen-bond acceptors (Lipinski definition) is 3. The third kappa shape index (κ3) is 2.44. The van der Waals surface area contributed by atoms with Crippen LogP contribution < -0.4 is 0 Å². The Bertz CT molecular complexity index is 724. The minimum atomic E-state index is -4.51. The van der Waals surface area contributed by atoms with Gasteiger partial charge in [0.1, 0.15) is 5.82 Å². The third-order valence-corrected chi connectivity index (χ3v) is 3.77. The lowest BCUT2D eigenvalue weighted by Gasteiger charge is -2.21. The Labute approximate surface area is 123 Å². The molecule has 0 aliphatic carbocycles. The fourth-order valence-corrected chi connectivity index (χ4v) is 2.65. The van der Waals surface area contributed by atoms with Crippen LogP contribution in [0.1, 0.15) is 17.8 Å². The highest BCUT2D eigenvalue weighted by atomic mass is 19.4. The normalized spacial score (nSPS) is 18.0. The second kappa shape index (κ2) is 5.11. The maximum absolute atomic E-state index is 13.1. The van der Waals surface area contributed by atoms with Crippen molar-refractivity contribution in [1.82, 2.24) is 14.8 Å². The summed E-state index contributed by atoms with van der Waals surface area (Å²) >= 11 is 0. The first-order valence-corrected chi connectivity index (χ1v) is 6.69. The van der Waals surface area contributed by atoms with Crippen LogP contribution in [-0.2, 0) is 23.9 Å². The van der Waals surface area contributed by atoms with Crippen LogP contribution >= 0.6 is 0 Å². The summed E-state index contributed by atoms with van der Waals surface area (Å²) in [5.41, 5.74) is -0.887. The molecule has 2 aromatic rings. The molecule has 1 aromatic carbocycles. The van der Waals surface area contributed by atoms with Crippen LogP contribution in [0.4, 0.5) is 13.2 Å². The van der Waals surface area contributed by atoms with Crippen LogP contribution in [0.3, 0.4) is 0 Å². The van der Waals surface area contributed by atoms with Gasteiger partial charge in [-0.2, -0.15) is 13.2 Å². The zero-order valence-corrected chi connectivity index (χ0v) is 11.3. The molecule has 0 bridgehead atoms. The van der Waals surface area contributed by atoms with Crippen molar-refractivity contribution in [1.29, 1.82) is 0 Å². The fourth-order valence-electron chi connectivity index (χ4n) is 2.65. The SMILES string of the molecule is O=C(O)C1CCc2nnc(-c3ccccc3C(F)(F)F)n2C1. The summed E-state index contributed by atoms with van der Waals surface area (Å²) in [5, 5.41) is 16.9. The Kier molecular flexibility index (Phi) is 3.38. The number of fused-ring (bicyclic) bond motifs is 1. The topological polar surface area (TPSA) is 68.0 Å². The number of aryl methyl sites for hydroxylation is 1. The van der Waals surface area contributed by atoms with E-state index in [2.05, 4.69) is 10.2 Å². The molecule has 0 spiro atoms. The van der Waals surface area contributed by atoms with Gasteiger partial charge in [0.15, 0.2) is 5.82 Å². The summed E-state index contributed by atoms with van der Waals surface area (Å²) < 4.78 is 40.9. The molecule has 1 N–H and O–H groups in total. The van der Waals surface area contributed by atoms with Crippen molar-refractivity contribution < 1.29 is 23.1 Å². The first-order valence-electron chi connectivity index (χ1n) is 6.69. The first kappa shape index (κ1) is 14.6. The highest BCUT2D eigenvalue weighted by Crippen LogP contribution is 2.37. The van der Waals surface area contributed by atoms with Gasteiger partial charge in [-0.25, -0.2) is 0 Å². The predicted octanol–water partition coefficient (Wildman–Crippen LogP) is 2.61. The number of nitrogens with zero attached hydrogens (tertiary/aromatic N) is 3. The average molecular weight is 311 g/mol. The third-order valence-electron chi connectivity index (χ3n) is 3.77. The molecule has 5 nitrogen and oxygen atoms in total. The van der Waals surface area contributed by atoms with Crippen molar-refractivity contribution in [3.05, 3.63) is 35.7 Å². The molecule has 0 fully saturated rings. The van der Waals surface area contributed by atoms with E-state index in [9.17, 15) is 18.0 Å². The minimum Gasteiger partial charge on any atom is -0.481 e. The van der Waals surface area contributed by atoms with Crippen molar-refractivity contribution in [3.8, 4) is 11.4 Å². The summed E-state index contributed by atoms with van der Waals surface area (Å²) in [6, 6.07) is 5.10. The molecule has 1 aliphatic rings. The maximum Gasteiger partial charge on any atom is 0.417 e. The molecule has 0 radical (unpaired) electrons. The van der Waals surface area contributed by atoms with E-state index in [-0.39, 0.29) is 17.9 Å². The highest BCUT2D eigenvalue weighted by molar-refractivity contribution is 5.70. The summed E-state index contributed by atoms with van der Waals surface area (Å²) in [4.78, 5) is 11.1. The van der Waals surface area contributed by atoms with Gasteiger partial charge in [0.25, 0.3) is 0 Å². The van der Waals surface area contributed by atoms with Crippen LogP contribution in [-0.4, -0.2) is 25.8 Å². The van der Waals surface area contributed by atoms with E-state index < -0.39 is 23.6 Å². The molecule has 1 unspecified atom stereocenters. The van der Waals surface area contributed by atoms with Gasteiger partial charge < -0.3 is 9.67 Å². The second-order valence-corrected chi connectivity index (χ2v) is 5.17. The van der Waals surface area contributed by atoms with Gasteiger partial charge in [-0.3, -0.25) is 4.79 Å². The lowest BCUT2D eigenvalue weighted by Crippen LogP contribution is -2.27. The molecule has 0 amide bonds. The quantitative estimate of drug-likeness (QED) is 0.925. The molecule has 1 aliphatic heterocycles. The number of benzene rings is 1. The Morgan fingerprint density at radius 2 is 2.00 bits per heavy atom. The number of halogens is 3. The van der Waals surface area contributed by atoms with Gasteiger partial charge >= 0.3 is 12.1 Å². The lowest BCUT2D eigenvalue weighted by molar-refractivity contribution is -0.143. The van der Waals surface area contributed by atoms with E-state index >= 15 is 0 Å². The van der Waals surface area contributed by atoms with E-state index in [1.807, 2.05) is 0 Å². The Balaban J connectivity index is 2.09. The fraction of sp³-hybridized carbons (Fsp3) is 0.357. The van der Waals surface area contributed by atoms with Crippen molar-refractivity contribution in [3.63, 3.8) is 0 Å². The number of carbonyl (C=O) groups is 1. The monoisotopic (exact) mass is 311 g/mol. The smallest absolute Gasteiger partial charge is 0.417 e. The number of carboxylic acids is 1. The van der Waals surface area contributed by atoms with E-state index in [0.29, 0.717) is 18.7 Å². The van der Waals surface area contributed by atoms with Gasteiger partial charge in [0.2, 0.25) is 0 Å². The van der Waals surface area contributed by atoms with Crippen molar-refractivity contribution >= 4 is 5.97 Å². The molecule has 0 saturated heterocycles. The summed E-state index contributed by atoms with van der Waals surface area (Å²) in [6.07, 6.45) is -3.71. The summed E-state index contributed by atoms with van der Waals surface area (Å²) in [6.45, 7) is 0.0825. The van der Waals surface area contributed by atoms with Crippen molar-refractivity contribution in [2.75, 3.05) is 0 Å². The van der Waals surface area contributed by atoms with E-state index in [4.69, 9.17) is 5.11 Å². The highest BCUT2D eigenvalue weighted by Gasteiger charge is 2.36. The van der Waals surface area contributed by atoms with Gasteiger partial charge in [-0.15, -0.1) is 10.2 Å². The molecule has 8 heteroatoms. The van der Waals surface area contributed by atoms with Crippen molar-refractivity contribution in [2.24, 2.45) is 5.92 Å². The number of aromatic nitrogens is 3. The standard InChI is InChI=1S/C14H12F3N3O2/c15-14(16,17)10-4-2-1-3-9(10)12-19-18-11-6-5-8(13(21)22)7-20(11)12/h1-4,8H,5-7H2,(H,21,22). The molecule has 22 heavy (non-hydrogen) atoms. The predicted molar refractivity (Wildman–Crippen MR) is 69.9 cm³/mol. The number of carboxylic acid groups (broad SMARTS) is 1. The molecular formula is C14H12F3N3O2. The van der Waals surface area contributed by atoms with Gasteiger partial charge in [-0.1, -0.05) is 18.2 Å². The molecule has 3 rings (SSSR count). The zero-order chi connectivity index (χ0) is 15.9. The van der Waals surface area contributed by atoms with E-state index in [1.165, 1.54) is 22.8 Å². The largest absolute Gasteiger partial charge is 0.481 e. The summed E-state index contributed by atoms with van der Waals surface area (Å²) in [7, 11) is 0. The van der Waals surface area contributed by atoms with Crippen LogP contribution in [0.5, 0.6) is 0 Å². The zero-order valence-electron chi connectivity index (χ0n) is 11.3. The van der Waals surface area contributed by atoms with Crippen LogP contribution in [0, 0.1) is 5.92 Å². The van der Waals surface area contributed by atoms with Crippen molar-refractivity contribution in [2.45, 2.75) is 25.6 Å². The van der Waals surface area contributed by atoms with Gasteiger partial charge in [0, 0.05) is 18.5 Å². The van der Waals surface area contributed by atoms with Crippen LogP contribution in [0.2, 0.25) is 0 Å². The number of aliphatic carboxylic acids is 1. The van der Waals surface area contributed by atoms with E-state index in [0.717, 1.165) is 6.07 Å². The molecule has 0 saturated carbocycles. The number of hydrogen-bond donors (Lipinski definition) is 1. The summed E-state index contributed by atoms with van der Waals surface area (Å²) in [5.74, 6) is -1.02. The van der Waals surface area contributed by atoms with Crippen LogP contribution in [0.15, 0.2) is 24.3 Å². The van der Waals surface area contributed by atoms with E-state index in [1.54, 1.807) is 0 Å². The molecule has 1 aromatic heterocycles. The molecular weight excluding hydrogens is 299 g/mol. The number of rotatable bonds is 2. The number of alkyl halides is 3. The van der Waals surface area contributed by atoms with Crippen LogP contribution in [0.25, 0.3) is 11.4 Å². The Hall–Kier alpha value is -2.38. The first-order chi connectivity index (χ1) is 10.4. The minimum absolute atomic E-state index is 0.0638. The molecule has 2 heterocycles. The van der Waals surface area contributed by atoms with Gasteiger partial charge in [-0.05, 0) is 12.5 Å². The lowest BCUT2D eigenvalue weighted by atomic mass is 9.99. The molecule has 116 valence electrons. The average Bonchev–Trinajstić information content (AvgIpc) is 2.89. The second-order valence-electron chi connectivity index (χ2n) is 5.17. The Morgan fingerprint density at radius 3 is 2.68 bits per heavy atom. The Morgan fingerprint density at radius 1 is 1.27 bits per heavy atom.